The van der Waals surface area contributed by atoms with Crippen LogP contribution in [0.3, 0.4) is 0 Å². The van der Waals surface area contributed by atoms with Gasteiger partial charge in [-0.15, -0.1) is 0 Å². The number of esters is 1. The van der Waals surface area contributed by atoms with E-state index in [1.807, 2.05) is 26.0 Å². The summed E-state index contributed by atoms with van der Waals surface area (Å²) < 4.78 is 16.0. The third kappa shape index (κ3) is 4.76. The zero-order chi connectivity index (χ0) is 26.0. The number of nitrogens with zero attached hydrogens (tertiary/aromatic N) is 1. The maximum absolute atomic E-state index is 13.2. The van der Waals surface area contributed by atoms with E-state index in [-0.39, 0.29) is 16.4 Å². The van der Waals surface area contributed by atoms with Crippen molar-refractivity contribution in [3.8, 4) is 17.2 Å². The van der Waals surface area contributed by atoms with Crippen LogP contribution in [0.2, 0.25) is 0 Å². The van der Waals surface area contributed by atoms with Crippen LogP contribution in [0.5, 0.6) is 17.2 Å². The fourth-order valence-corrected chi connectivity index (χ4v) is 3.82. The number of anilines is 2. The van der Waals surface area contributed by atoms with Gasteiger partial charge in [0.05, 0.1) is 25.5 Å². The Hall–Kier alpha value is -4.30. The van der Waals surface area contributed by atoms with Crippen LogP contribution in [0.4, 0.5) is 11.4 Å². The molecule has 2 amide bonds. The smallest absolute Gasteiger partial charge is 0.343 e. The fraction of sp³-hybridized carbons (Fsp3) is 0.148. The first-order chi connectivity index (χ1) is 17.2. The van der Waals surface area contributed by atoms with Gasteiger partial charge in [-0.25, -0.2) is 9.69 Å². The van der Waals surface area contributed by atoms with Gasteiger partial charge in [0.25, 0.3) is 11.8 Å². The number of amides is 2. The summed E-state index contributed by atoms with van der Waals surface area (Å²) in [4.78, 5) is 39.5. The number of benzene rings is 3. The average Bonchev–Trinajstić information content (AvgIpc) is 3.09. The van der Waals surface area contributed by atoms with E-state index in [4.69, 9.17) is 25.8 Å². The van der Waals surface area contributed by atoms with Gasteiger partial charge >= 0.3 is 5.97 Å². The quantitative estimate of drug-likeness (QED) is 0.274. The molecule has 36 heavy (non-hydrogen) atoms. The average molecular weight is 507 g/mol. The summed E-state index contributed by atoms with van der Waals surface area (Å²) in [6, 6.07) is 16.6. The Labute approximate surface area is 213 Å². The lowest BCUT2D eigenvalue weighted by molar-refractivity contribution is -0.120. The van der Waals surface area contributed by atoms with Crippen LogP contribution < -0.4 is 24.4 Å². The van der Waals surface area contributed by atoms with Crippen molar-refractivity contribution in [2.75, 3.05) is 24.4 Å². The molecular weight excluding hydrogens is 484 g/mol. The molecule has 1 heterocycles. The largest absolute Gasteiger partial charge is 0.497 e. The molecule has 0 aromatic heterocycles. The summed E-state index contributed by atoms with van der Waals surface area (Å²) >= 11 is 6.25. The monoisotopic (exact) mass is 506 g/mol. The molecule has 8 nitrogen and oxygen atoms in total. The normalized spacial score (nSPS) is 13.2. The molecule has 9 heteroatoms. The minimum atomic E-state index is -0.704. The van der Waals surface area contributed by atoms with Gasteiger partial charge < -0.3 is 19.5 Å². The molecule has 0 aliphatic carbocycles. The summed E-state index contributed by atoms with van der Waals surface area (Å²) in [6.45, 7) is 3.77. The number of carbonyl (C=O) groups is 3. The second-order valence-electron chi connectivity index (χ2n) is 8.03. The molecule has 3 aromatic rings. The number of halogens is 1. The number of imide groups is 1. The standard InChI is InChI=1S/C27H23ClN2O6/c1-15-5-6-16(2)22(13-15)36-27(33)17-7-9-18(10-8-17)29-24-23(28)25(31)30(26(24)32)20-14-19(34-3)11-12-21(20)35-4/h5-14,29H,1-4H3. The third-order valence-corrected chi connectivity index (χ3v) is 5.94. The van der Waals surface area contributed by atoms with Crippen molar-refractivity contribution in [2.24, 2.45) is 0 Å². The number of ether oxygens (including phenoxy) is 3. The second-order valence-corrected chi connectivity index (χ2v) is 8.41. The number of rotatable bonds is 7. The molecule has 0 unspecified atom stereocenters. The Kier molecular flexibility index (Phi) is 6.98. The fourth-order valence-electron chi connectivity index (χ4n) is 3.61. The number of hydrogen-bond acceptors (Lipinski definition) is 7. The molecule has 1 aliphatic rings. The summed E-state index contributed by atoms with van der Waals surface area (Å²) in [7, 11) is 2.90. The lowest BCUT2D eigenvalue weighted by Gasteiger charge is -2.19. The lowest BCUT2D eigenvalue weighted by atomic mass is 10.1. The van der Waals surface area contributed by atoms with Crippen molar-refractivity contribution >= 4 is 40.8 Å². The van der Waals surface area contributed by atoms with E-state index >= 15 is 0 Å². The first kappa shape index (κ1) is 24.8. The van der Waals surface area contributed by atoms with Gasteiger partial charge in [0.15, 0.2) is 0 Å². The van der Waals surface area contributed by atoms with E-state index in [0.29, 0.717) is 28.5 Å². The Morgan fingerprint density at radius 1 is 0.861 bits per heavy atom. The first-order valence-electron chi connectivity index (χ1n) is 10.9. The van der Waals surface area contributed by atoms with Gasteiger partial charge in [0.2, 0.25) is 0 Å². The predicted molar refractivity (Wildman–Crippen MR) is 136 cm³/mol. The summed E-state index contributed by atoms with van der Waals surface area (Å²) in [5.41, 5.74) is 2.69. The van der Waals surface area contributed by atoms with Gasteiger partial charge in [0, 0.05) is 11.8 Å². The summed E-state index contributed by atoms with van der Waals surface area (Å²) in [5, 5.41) is 2.61. The van der Waals surface area contributed by atoms with Gasteiger partial charge in [-0.2, -0.15) is 0 Å². The first-order valence-corrected chi connectivity index (χ1v) is 11.3. The second kappa shape index (κ2) is 10.1. The van der Waals surface area contributed by atoms with Crippen molar-refractivity contribution in [3.05, 3.63) is 88.1 Å². The Morgan fingerprint density at radius 3 is 2.25 bits per heavy atom. The molecule has 184 valence electrons. The molecular formula is C27H23ClN2O6. The lowest BCUT2D eigenvalue weighted by Crippen LogP contribution is -2.32. The summed E-state index contributed by atoms with van der Waals surface area (Å²) in [5.74, 6) is -0.653. The third-order valence-electron chi connectivity index (χ3n) is 5.59. The topological polar surface area (TPSA) is 94.2 Å². The van der Waals surface area contributed by atoms with Gasteiger partial charge in [-0.1, -0.05) is 23.7 Å². The highest BCUT2D eigenvalue weighted by atomic mass is 35.5. The van der Waals surface area contributed by atoms with Crippen LogP contribution >= 0.6 is 11.6 Å². The maximum atomic E-state index is 13.2. The van der Waals surface area contributed by atoms with Crippen molar-refractivity contribution in [3.63, 3.8) is 0 Å². The highest BCUT2D eigenvalue weighted by Crippen LogP contribution is 2.38. The zero-order valence-corrected chi connectivity index (χ0v) is 20.8. The highest BCUT2D eigenvalue weighted by molar-refractivity contribution is 6.53. The van der Waals surface area contributed by atoms with Crippen LogP contribution in [0.25, 0.3) is 0 Å². The molecule has 0 fully saturated rings. The van der Waals surface area contributed by atoms with Crippen molar-refractivity contribution in [1.82, 2.24) is 0 Å². The van der Waals surface area contributed by atoms with Gasteiger partial charge in [0.1, 0.15) is 28.0 Å². The van der Waals surface area contributed by atoms with Crippen LogP contribution in [-0.4, -0.2) is 32.0 Å². The van der Waals surface area contributed by atoms with Crippen molar-refractivity contribution < 1.29 is 28.6 Å². The number of aryl methyl sites for hydroxylation is 2. The molecule has 3 aromatic carbocycles. The number of nitrogens with one attached hydrogen (secondary N) is 1. The van der Waals surface area contributed by atoms with E-state index in [1.54, 1.807) is 42.5 Å². The SMILES string of the molecule is COc1ccc(OC)c(N2C(=O)C(Cl)=C(Nc3ccc(C(=O)Oc4cc(C)ccc4C)cc3)C2=O)c1. The van der Waals surface area contributed by atoms with Gasteiger partial charge in [-0.3, -0.25) is 9.59 Å². The zero-order valence-electron chi connectivity index (χ0n) is 20.0. The minimum Gasteiger partial charge on any atom is -0.497 e. The Balaban J connectivity index is 1.52. The molecule has 0 saturated heterocycles. The maximum Gasteiger partial charge on any atom is 0.343 e. The van der Waals surface area contributed by atoms with Crippen molar-refractivity contribution in [1.29, 1.82) is 0 Å². The molecule has 1 N–H and O–H groups in total. The molecule has 0 spiro atoms. The van der Waals surface area contributed by atoms with Crippen LogP contribution in [0, 0.1) is 13.8 Å². The summed E-state index contributed by atoms with van der Waals surface area (Å²) in [6.07, 6.45) is 0. The van der Waals surface area contributed by atoms with E-state index < -0.39 is 17.8 Å². The van der Waals surface area contributed by atoms with E-state index in [2.05, 4.69) is 5.32 Å². The van der Waals surface area contributed by atoms with Gasteiger partial charge in [-0.05, 0) is 67.4 Å². The number of carbonyl (C=O) groups excluding carboxylic acids is 3. The number of methoxy groups -OCH3 is 2. The Morgan fingerprint density at radius 2 is 1.58 bits per heavy atom. The molecule has 4 rings (SSSR count). The minimum absolute atomic E-state index is 0.0998. The van der Waals surface area contributed by atoms with E-state index in [0.717, 1.165) is 16.0 Å². The predicted octanol–water partition coefficient (Wildman–Crippen LogP) is 4.98. The van der Waals surface area contributed by atoms with Crippen LogP contribution in [-0.2, 0) is 9.59 Å². The number of hydrogen-bond donors (Lipinski definition) is 1. The Bertz CT molecular complexity index is 1400. The van der Waals surface area contributed by atoms with E-state index in [1.165, 1.54) is 20.3 Å². The molecule has 0 atom stereocenters. The highest BCUT2D eigenvalue weighted by Gasteiger charge is 2.40. The molecule has 0 saturated carbocycles. The van der Waals surface area contributed by atoms with E-state index in [9.17, 15) is 14.4 Å². The van der Waals surface area contributed by atoms with Crippen molar-refractivity contribution in [2.45, 2.75) is 13.8 Å². The molecule has 1 aliphatic heterocycles. The molecule has 0 radical (unpaired) electrons. The van der Waals surface area contributed by atoms with Crippen LogP contribution in [0.15, 0.2) is 71.4 Å². The molecule has 0 bridgehead atoms. The van der Waals surface area contributed by atoms with Crippen LogP contribution in [0.1, 0.15) is 21.5 Å².